The normalized spacial score (nSPS) is 10.1. The third kappa shape index (κ3) is 4.10. The van der Waals surface area contributed by atoms with E-state index in [2.05, 4.69) is 22.9 Å². The van der Waals surface area contributed by atoms with Gasteiger partial charge in [0.1, 0.15) is 5.15 Å². The molecule has 0 unspecified atom stereocenters. The van der Waals surface area contributed by atoms with Crippen molar-refractivity contribution in [2.45, 2.75) is 19.9 Å². The number of thiol groups is 1. The summed E-state index contributed by atoms with van der Waals surface area (Å²) in [5.74, 6) is 0.559. The van der Waals surface area contributed by atoms with Gasteiger partial charge in [-0.2, -0.15) is 12.6 Å². The van der Waals surface area contributed by atoms with Gasteiger partial charge in [-0.25, -0.2) is 4.98 Å². The van der Waals surface area contributed by atoms with E-state index in [1.807, 2.05) is 13.0 Å². The van der Waals surface area contributed by atoms with Gasteiger partial charge >= 0.3 is 0 Å². The summed E-state index contributed by atoms with van der Waals surface area (Å²) < 4.78 is 0. The van der Waals surface area contributed by atoms with Crippen LogP contribution in [-0.2, 0) is 11.3 Å². The van der Waals surface area contributed by atoms with Gasteiger partial charge in [-0.05, 0) is 24.3 Å². The summed E-state index contributed by atoms with van der Waals surface area (Å²) in [6, 6.07) is 3.58. The third-order valence-electron chi connectivity index (χ3n) is 1.98. The predicted octanol–water partition coefficient (Wildman–Crippen LogP) is 1.98. The second-order valence-electron chi connectivity index (χ2n) is 3.13. The van der Waals surface area contributed by atoms with Crippen molar-refractivity contribution in [3.05, 3.63) is 28.5 Å². The molecule has 1 N–H and O–H groups in total. The molecule has 0 saturated heterocycles. The number of aromatic nitrogens is 1. The van der Waals surface area contributed by atoms with Gasteiger partial charge in [0, 0.05) is 18.7 Å². The Morgan fingerprint density at radius 3 is 2.93 bits per heavy atom. The van der Waals surface area contributed by atoms with Gasteiger partial charge in [-0.1, -0.05) is 17.7 Å². The molecule has 1 heterocycles. The number of pyridine rings is 1. The summed E-state index contributed by atoms with van der Waals surface area (Å²) in [5.41, 5.74) is 1.82. The molecule has 1 rings (SSSR count). The zero-order chi connectivity index (χ0) is 11.3. The molecule has 0 fully saturated rings. The molecule has 5 heteroatoms. The average molecular weight is 245 g/mol. The Kier molecular flexibility index (Phi) is 4.91. The van der Waals surface area contributed by atoms with Crippen LogP contribution in [0.4, 0.5) is 0 Å². The monoisotopic (exact) mass is 244 g/mol. The number of carbonyl (C=O) groups is 1. The van der Waals surface area contributed by atoms with Gasteiger partial charge in [-0.3, -0.25) is 4.79 Å². The Bertz CT molecular complexity index is 357. The minimum Gasteiger partial charge on any atom is -0.352 e. The molecule has 3 nitrogen and oxygen atoms in total. The Morgan fingerprint density at radius 1 is 1.60 bits per heavy atom. The molecule has 0 saturated carbocycles. The van der Waals surface area contributed by atoms with E-state index in [0.717, 1.165) is 11.3 Å². The molecule has 0 radical (unpaired) electrons. The van der Waals surface area contributed by atoms with Gasteiger partial charge in [-0.15, -0.1) is 0 Å². The molecule has 0 spiro atoms. The van der Waals surface area contributed by atoms with Crippen molar-refractivity contribution in [1.82, 2.24) is 10.3 Å². The van der Waals surface area contributed by atoms with E-state index in [1.165, 1.54) is 0 Å². The highest BCUT2D eigenvalue weighted by atomic mass is 35.5. The van der Waals surface area contributed by atoms with Crippen LogP contribution in [0.2, 0.25) is 5.15 Å². The first kappa shape index (κ1) is 12.3. The van der Waals surface area contributed by atoms with Crippen LogP contribution in [0.25, 0.3) is 0 Å². The van der Waals surface area contributed by atoms with Crippen molar-refractivity contribution in [2.24, 2.45) is 0 Å². The average Bonchev–Trinajstić information content (AvgIpc) is 2.17. The van der Waals surface area contributed by atoms with E-state index in [1.54, 1.807) is 6.07 Å². The van der Waals surface area contributed by atoms with Crippen LogP contribution in [0.1, 0.15) is 17.7 Å². The first-order valence-electron chi connectivity index (χ1n) is 4.63. The highest BCUT2D eigenvalue weighted by Gasteiger charge is 2.03. The summed E-state index contributed by atoms with van der Waals surface area (Å²) >= 11 is 9.70. The van der Waals surface area contributed by atoms with Gasteiger partial charge in [0.25, 0.3) is 0 Å². The van der Waals surface area contributed by atoms with Crippen LogP contribution in [0, 0.1) is 6.92 Å². The predicted molar refractivity (Wildman–Crippen MR) is 64.3 cm³/mol. The number of nitrogens with zero attached hydrogens (tertiary/aromatic N) is 1. The summed E-state index contributed by atoms with van der Waals surface area (Å²) in [6.07, 6.45) is 0.434. The van der Waals surface area contributed by atoms with E-state index in [-0.39, 0.29) is 5.91 Å². The number of halogens is 1. The molecule has 1 amide bonds. The van der Waals surface area contributed by atoms with Crippen molar-refractivity contribution in [2.75, 3.05) is 5.75 Å². The fourth-order valence-corrected chi connectivity index (χ4v) is 1.52. The topological polar surface area (TPSA) is 42.0 Å². The molecule has 82 valence electrons. The van der Waals surface area contributed by atoms with E-state index >= 15 is 0 Å². The number of hydrogen-bond acceptors (Lipinski definition) is 3. The molecule has 0 bridgehead atoms. The molecule has 1 aromatic rings. The molecule has 0 aliphatic carbocycles. The van der Waals surface area contributed by atoms with Crippen LogP contribution >= 0.6 is 24.2 Å². The zero-order valence-corrected chi connectivity index (χ0v) is 10.1. The third-order valence-corrected chi connectivity index (χ3v) is 2.41. The summed E-state index contributed by atoms with van der Waals surface area (Å²) in [4.78, 5) is 15.3. The van der Waals surface area contributed by atoms with Gasteiger partial charge < -0.3 is 5.32 Å². The maximum atomic E-state index is 11.2. The molecular formula is C10H13ClN2OS. The van der Waals surface area contributed by atoms with E-state index in [0.29, 0.717) is 23.9 Å². The maximum absolute atomic E-state index is 11.2. The minimum absolute atomic E-state index is 0.000602. The standard InChI is InChI=1S/C10H13ClN2OS/c1-7-8(2-3-9(11)13-7)6-12-10(14)4-5-15/h2-3,15H,4-6H2,1H3,(H,12,14). The summed E-state index contributed by atoms with van der Waals surface area (Å²) in [7, 11) is 0. The number of amides is 1. The van der Waals surface area contributed by atoms with Crippen molar-refractivity contribution >= 4 is 30.1 Å². The van der Waals surface area contributed by atoms with E-state index in [9.17, 15) is 4.79 Å². The van der Waals surface area contributed by atoms with Gasteiger partial charge in [0.05, 0.1) is 0 Å². The molecular weight excluding hydrogens is 232 g/mol. The van der Waals surface area contributed by atoms with Gasteiger partial charge in [0.2, 0.25) is 5.91 Å². The van der Waals surface area contributed by atoms with Crippen LogP contribution in [0.5, 0.6) is 0 Å². The molecule has 15 heavy (non-hydrogen) atoms. The second kappa shape index (κ2) is 5.98. The second-order valence-corrected chi connectivity index (χ2v) is 3.96. The fourth-order valence-electron chi connectivity index (χ4n) is 1.13. The zero-order valence-electron chi connectivity index (χ0n) is 8.46. The Balaban J connectivity index is 2.54. The molecule has 0 atom stereocenters. The van der Waals surface area contributed by atoms with Crippen LogP contribution < -0.4 is 5.32 Å². The maximum Gasteiger partial charge on any atom is 0.221 e. The van der Waals surface area contributed by atoms with E-state index in [4.69, 9.17) is 11.6 Å². The highest BCUT2D eigenvalue weighted by molar-refractivity contribution is 7.80. The Labute approximate surface area is 99.6 Å². The lowest BCUT2D eigenvalue weighted by Crippen LogP contribution is -2.23. The first-order valence-corrected chi connectivity index (χ1v) is 5.64. The lowest BCUT2D eigenvalue weighted by molar-refractivity contribution is -0.120. The number of carbonyl (C=O) groups excluding carboxylic acids is 1. The number of hydrogen-bond donors (Lipinski definition) is 2. The summed E-state index contributed by atoms with van der Waals surface area (Å²) in [5, 5.41) is 3.26. The Hall–Kier alpha value is -0.740. The largest absolute Gasteiger partial charge is 0.352 e. The van der Waals surface area contributed by atoms with Crippen molar-refractivity contribution in [1.29, 1.82) is 0 Å². The Morgan fingerprint density at radius 2 is 2.33 bits per heavy atom. The van der Waals surface area contributed by atoms with E-state index < -0.39 is 0 Å². The molecule has 1 aromatic heterocycles. The van der Waals surface area contributed by atoms with Gasteiger partial charge in [0.15, 0.2) is 0 Å². The smallest absolute Gasteiger partial charge is 0.221 e. The van der Waals surface area contributed by atoms with Crippen molar-refractivity contribution in [3.63, 3.8) is 0 Å². The first-order chi connectivity index (χ1) is 7.13. The molecule has 0 aliphatic rings. The number of rotatable bonds is 4. The van der Waals surface area contributed by atoms with Crippen molar-refractivity contribution in [3.8, 4) is 0 Å². The minimum atomic E-state index is -0.000602. The quantitative estimate of drug-likeness (QED) is 0.628. The fraction of sp³-hybridized carbons (Fsp3) is 0.400. The number of aryl methyl sites for hydroxylation is 1. The van der Waals surface area contributed by atoms with Crippen LogP contribution in [-0.4, -0.2) is 16.6 Å². The van der Waals surface area contributed by atoms with Crippen molar-refractivity contribution < 1.29 is 4.79 Å². The lowest BCUT2D eigenvalue weighted by atomic mass is 10.2. The van der Waals surface area contributed by atoms with Crippen LogP contribution in [0.3, 0.4) is 0 Å². The summed E-state index contributed by atoms with van der Waals surface area (Å²) in [6.45, 7) is 2.36. The molecule has 0 aromatic carbocycles. The van der Waals surface area contributed by atoms with Crippen LogP contribution in [0.15, 0.2) is 12.1 Å². The molecule has 0 aliphatic heterocycles. The SMILES string of the molecule is Cc1nc(Cl)ccc1CNC(=O)CCS. The number of nitrogens with one attached hydrogen (secondary N) is 1. The highest BCUT2D eigenvalue weighted by Crippen LogP contribution is 2.10. The lowest BCUT2D eigenvalue weighted by Gasteiger charge is -2.06.